The van der Waals surface area contributed by atoms with Crippen molar-refractivity contribution in [2.45, 2.75) is 32.1 Å². The van der Waals surface area contributed by atoms with Gasteiger partial charge in [-0.1, -0.05) is 35.1 Å². The minimum Gasteiger partial charge on any atom is -0.481 e. The van der Waals surface area contributed by atoms with E-state index in [1.807, 2.05) is 19.1 Å². The Hall–Kier alpha value is -2.69. The highest BCUT2D eigenvalue weighted by molar-refractivity contribution is 7.22. The van der Waals surface area contributed by atoms with Crippen molar-refractivity contribution in [2.24, 2.45) is 0 Å². The fraction of sp³-hybridized carbons (Fsp3) is 0.417. The van der Waals surface area contributed by atoms with Crippen LogP contribution in [0, 0.1) is 6.92 Å². The molecule has 3 aromatic rings. The zero-order valence-electron chi connectivity index (χ0n) is 18.9. The second-order valence-corrected chi connectivity index (χ2v) is 9.62. The van der Waals surface area contributed by atoms with E-state index in [1.54, 1.807) is 7.11 Å². The van der Waals surface area contributed by atoms with E-state index in [-0.39, 0.29) is 12.5 Å². The molecule has 1 aromatic heterocycles. The number of hydrogen-bond acceptors (Lipinski definition) is 6. The molecule has 2 heterocycles. The largest absolute Gasteiger partial charge is 0.481 e. The number of benzene rings is 2. The highest BCUT2D eigenvalue weighted by atomic mass is 32.1. The number of thiazole rings is 1. The Morgan fingerprint density at radius 2 is 1.97 bits per heavy atom. The number of fused-ring (bicyclic) bond motifs is 1. The smallest absolute Gasteiger partial charge is 0.416 e. The van der Waals surface area contributed by atoms with Crippen LogP contribution in [-0.2, 0) is 28.7 Å². The molecule has 0 bridgehead atoms. The molecule has 1 fully saturated rings. The lowest BCUT2D eigenvalue weighted by atomic mass is 10.0. The van der Waals surface area contributed by atoms with E-state index in [1.165, 1.54) is 17.4 Å². The third-order valence-corrected chi connectivity index (χ3v) is 6.89. The van der Waals surface area contributed by atoms with Crippen LogP contribution in [-0.4, -0.2) is 60.4 Å². The molecular weight excluding hydrogens is 467 g/mol. The third kappa shape index (κ3) is 5.68. The number of hydrogen-bond donors (Lipinski definition) is 1. The summed E-state index contributed by atoms with van der Waals surface area (Å²) in [5, 5.41) is 9.81. The first-order valence-electron chi connectivity index (χ1n) is 10.9. The molecule has 34 heavy (non-hydrogen) atoms. The van der Waals surface area contributed by atoms with Crippen molar-refractivity contribution in [2.75, 3.05) is 38.3 Å². The summed E-state index contributed by atoms with van der Waals surface area (Å²) in [5.41, 5.74) is 2.74. The number of carboxylic acid groups (broad SMARTS) is 1. The number of carbonyl (C=O) groups is 1. The minimum absolute atomic E-state index is 0.00954. The predicted molar refractivity (Wildman–Crippen MR) is 125 cm³/mol. The van der Waals surface area contributed by atoms with Crippen LogP contribution in [0.2, 0.25) is 0 Å². The zero-order chi connectivity index (χ0) is 24.5. The summed E-state index contributed by atoms with van der Waals surface area (Å²) in [5.74, 6) is -0.858. The average Bonchev–Trinajstić information content (AvgIpc) is 3.16. The highest BCUT2D eigenvalue weighted by Crippen LogP contribution is 2.36. The lowest BCUT2D eigenvalue weighted by Gasteiger charge is -2.41. The Kier molecular flexibility index (Phi) is 7.11. The molecule has 1 aliphatic heterocycles. The molecule has 4 rings (SSSR count). The number of piperazine rings is 1. The van der Waals surface area contributed by atoms with Gasteiger partial charge in [0.05, 0.1) is 34.8 Å². The Bertz CT molecular complexity index is 1180. The average molecular weight is 494 g/mol. The number of aromatic nitrogens is 1. The number of methoxy groups -OCH3 is 1. The van der Waals surface area contributed by atoms with Crippen LogP contribution in [0.4, 0.5) is 18.3 Å². The second-order valence-electron chi connectivity index (χ2n) is 8.61. The van der Waals surface area contributed by atoms with E-state index in [0.29, 0.717) is 41.6 Å². The van der Waals surface area contributed by atoms with Gasteiger partial charge < -0.3 is 14.7 Å². The van der Waals surface area contributed by atoms with E-state index in [2.05, 4.69) is 20.9 Å². The quantitative estimate of drug-likeness (QED) is 0.520. The van der Waals surface area contributed by atoms with Gasteiger partial charge in [-0.3, -0.25) is 9.69 Å². The molecule has 10 heteroatoms. The second kappa shape index (κ2) is 9.89. The fourth-order valence-corrected chi connectivity index (χ4v) is 5.54. The Morgan fingerprint density at radius 1 is 1.21 bits per heavy atom. The van der Waals surface area contributed by atoms with E-state index >= 15 is 0 Å². The maximum atomic E-state index is 13.1. The number of ether oxygens (including phenoxy) is 1. The summed E-state index contributed by atoms with van der Waals surface area (Å²) >= 11 is 1.26. The number of halogens is 3. The summed E-state index contributed by atoms with van der Waals surface area (Å²) < 4.78 is 45.2. The highest BCUT2D eigenvalue weighted by Gasteiger charge is 2.32. The zero-order valence-corrected chi connectivity index (χ0v) is 19.7. The summed E-state index contributed by atoms with van der Waals surface area (Å²) in [7, 11) is 1.63. The lowest BCUT2D eigenvalue weighted by Crippen LogP contribution is -2.54. The number of nitrogens with zero attached hydrogens (tertiary/aromatic N) is 3. The molecule has 6 nitrogen and oxygen atoms in total. The van der Waals surface area contributed by atoms with Gasteiger partial charge in [-0.2, -0.15) is 13.2 Å². The topological polar surface area (TPSA) is 65.9 Å². The number of anilines is 1. The number of aliphatic carboxylic acids is 1. The normalized spacial score (nSPS) is 17.4. The van der Waals surface area contributed by atoms with Crippen molar-refractivity contribution in [1.82, 2.24) is 9.88 Å². The van der Waals surface area contributed by atoms with Gasteiger partial charge in [0.25, 0.3) is 0 Å². The first kappa shape index (κ1) is 24.4. The first-order chi connectivity index (χ1) is 16.1. The van der Waals surface area contributed by atoms with Gasteiger partial charge in [0, 0.05) is 33.3 Å². The number of carboxylic acids is 1. The third-order valence-electron chi connectivity index (χ3n) is 5.83. The van der Waals surface area contributed by atoms with Gasteiger partial charge in [-0.25, -0.2) is 4.98 Å². The molecular formula is C24H26F3N3O3S. The number of alkyl halides is 3. The lowest BCUT2D eigenvalue weighted by molar-refractivity contribution is -0.138. The van der Waals surface area contributed by atoms with Crippen LogP contribution in [0.1, 0.15) is 22.3 Å². The fourth-order valence-electron chi connectivity index (χ4n) is 4.44. The van der Waals surface area contributed by atoms with Gasteiger partial charge >= 0.3 is 12.1 Å². The Morgan fingerprint density at radius 3 is 2.68 bits per heavy atom. The van der Waals surface area contributed by atoms with E-state index < -0.39 is 17.7 Å². The molecule has 1 saturated heterocycles. The van der Waals surface area contributed by atoms with E-state index in [4.69, 9.17) is 9.84 Å². The summed E-state index contributed by atoms with van der Waals surface area (Å²) in [4.78, 5) is 20.1. The molecule has 1 aliphatic rings. The van der Waals surface area contributed by atoms with Crippen molar-refractivity contribution in [3.8, 4) is 0 Å². The molecule has 1 atom stereocenters. The summed E-state index contributed by atoms with van der Waals surface area (Å²) in [6.45, 7) is 5.19. The molecule has 0 amide bonds. The SMILES string of the molecule is COC[C@@H]1CN(Cc2cc(C)cc(CC(=O)O)c2)CCN1c1nc2ccc(C(F)(F)F)cc2s1. The Labute approximate surface area is 199 Å². The van der Waals surface area contributed by atoms with Gasteiger partial charge in [0.15, 0.2) is 5.13 Å². The number of rotatable bonds is 7. The maximum absolute atomic E-state index is 13.1. The number of aryl methyl sites for hydroxylation is 1. The van der Waals surface area contributed by atoms with Crippen LogP contribution in [0.3, 0.4) is 0 Å². The molecule has 0 aliphatic carbocycles. The van der Waals surface area contributed by atoms with Crippen LogP contribution in [0.15, 0.2) is 36.4 Å². The van der Waals surface area contributed by atoms with Gasteiger partial charge in [0.1, 0.15) is 0 Å². The van der Waals surface area contributed by atoms with E-state index in [9.17, 15) is 18.0 Å². The summed E-state index contributed by atoms with van der Waals surface area (Å²) in [6.07, 6.45) is -4.40. The molecule has 2 aromatic carbocycles. The molecule has 1 N–H and O–H groups in total. The molecule has 0 unspecified atom stereocenters. The van der Waals surface area contributed by atoms with Crippen LogP contribution in [0.25, 0.3) is 10.2 Å². The standard InChI is InChI=1S/C24H26F3N3O3S/c1-15-7-16(10-22(31)32)9-17(8-15)12-29-5-6-30(19(13-29)14-33-2)23-28-20-4-3-18(24(25,26)27)11-21(20)34-23/h3-4,7-9,11,19H,5-6,10,12-14H2,1-2H3,(H,31,32)/t19-/m0/s1. The predicted octanol–water partition coefficient (Wildman–Crippen LogP) is 4.59. The van der Waals surface area contributed by atoms with Crippen LogP contribution < -0.4 is 4.90 Å². The van der Waals surface area contributed by atoms with Gasteiger partial charge in [0.2, 0.25) is 0 Å². The monoisotopic (exact) mass is 493 g/mol. The molecule has 182 valence electrons. The van der Waals surface area contributed by atoms with Crippen molar-refractivity contribution >= 4 is 32.7 Å². The minimum atomic E-state index is -4.39. The van der Waals surface area contributed by atoms with Crippen molar-refractivity contribution in [1.29, 1.82) is 0 Å². The van der Waals surface area contributed by atoms with E-state index in [0.717, 1.165) is 35.4 Å². The van der Waals surface area contributed by atoms with Gasteiger partial charge in [-0.15, -0.1) is 0 Å². The van der Waals surface area contributed by atoms with Crippen LogP contribution >= 0.6 is 11.3 Å². The maximum Gasteiger partial charge on any atom is 0.416 e. The van der Waals surface area contributed by atoms with Crippen molar-refractivity contribution < 1.29 is 27.8 Å². The summed E-state index contributed by atoms with van der Waals surface area (Å²) in [6, 6.07) is 9.53. The Balaban J connectivity index is 1.51. The first-order valence-corrected chi connectivity index (χ1v) is 11.7. The van der Waals surface area contributed by atoms with Gasteiger partial charge in [-0.05, 0) is 36.2 Å². The molecule has 0 spiro atoms. The van der Waals surface area contributed by atoms with Crippen molar-refractivity contribution in [3.63, 3.8) is 0 Å². The molecule has 0 saturated carbocycles. The van der Waals surface area contributed by atoms with Crippen molar-refractivity contribution in [3.05, 3.63) is 58.7 Å². The van der Waals surface area contributed by atoms with Crippen LogP contribution in [0.5, 0.6) is 0 Å². The molecule has 0 radical (unpaired) electrons.